The molecule has 55 heavy (non-hydrogen) atoms. The smallest absolute Gasteiger partial charge is 0.318 e. The van der Waals surface area contributed by atoms with Gasteiger partial charge in [-0.15, -0.1) is 0 Å². The van der Waals surface area contributed by atoms with E-state index >= 15 is 0 Å². The number of urea groups is 1. The van der Waals surface area contributed by atoms with E-state index in [-0.39, 0.29) is 31.5 Å². The number of allylic oxidation sites excluding steroid dienone is 1. The van der Waals surface area contributed by atoms with Crippen molar-refractivity contribution in [3.8, 4) is 17.4 Å². The van der Waals surface area contributed by atoms with Crippen LogP contribution in [0.5, 0.6) is 17.4 Å². The lowest BCUT2D eigenvalue weighted by Gasteiger charge is -2.34. The zero-order chi connectivity index (χ0) is 39.1. The number of carbonyl (C=O) groups excluding carboxylic acids is 4. The molecule has 3 N–H and O–H groups in total. The number of sulfonamides is 1. The van der Waals surface area contributed by atoms with Gasteiger partial charge < -0.3 is 34.6 Å². The van der Waals surface area contributed by atoms with E-state index in [1.165, 1.54) is 4.90 Å². The number of nitrogens with zero attached hydrogens (tertiary/aromatic N) is 3. The monoisotopic (exact) mass is 780 g/mol. The number of fused-ring (bicyclic) bond motifs is 3. The molecule has 2 aliphatic carbocycles. The lowest BCUT2D eigenvalue weighted by Crippen LogP contribution is -2.59. The number of ether oxygens (including phenoxy) is 3. The highest BCUT2D eigenvalue weighted by molar-refractivity contribution is 7.91. The van der Waals surface area contributed by atoms with E-state index in [1.807, 2.05) is 45.1 Å². The molecule has 298 valence electrons. The van der Waals surface area contributed by atoms with Gasteiger partial charge in [-0.2, -0.15) is 0 Å². The summed E-state index contributed by atoms with van der Waals surface area (Å²) in [6.45, 7) is 6.92. The van der Waals surface area contributed by atoms with Crippen molar-refractivity contribution in [1.29, 1.82) is 0 Å². The molecular formula is C39H52N6O9S. The molecule has 2 saturated carbocycles. The Kier molecular flexibility index (Phi) is 10.9. The summed E-state index contributed by atoms with van der Waals surface area (Å²) in [7, 11) is -2.30. The largest absolute Gasteiger partial charge is 0.496 e. The summed E-state index contributed by atoms with van der Waals surface area (Å²) in [5.41, 5.74) is -0.0891. The molecule has 15 nitrogen and oxygen atoms in total. The predicted octanol–water partition coefficient (Wildman–Crippen LogP) is 3.47. The van der Waals surface area contributed by atoms with Gasteiger partial charge in [-0.25, -0.2) is 18.2 Å². The fraction of sp³-hybridized carbons (Fsp3) is 0.615. The van der Waals surface area contributed by atoms with Crippen molar-refractivity contribution in [1.82, 2.24) is 30.1 Å². The fourth-order valence-corrected chi connectivity index (χ4v) is 9.13. The van der Waals surface area contributed by atoms with Crippen LogP contribution in [0.3, 0.4) is 0 Å². The van der Waals surface area contributed by atoms with E-state index in [9.17, 15) is 27.6 Å². The van der Waals surface area contributed by atoms with Crippen molar-refractivity contribution in [2.24, 2.45) is 5.92 Å². The Morgan fingerprint density at radius 1 is 1.05 bits per heavy atom. The minimum absolute atomic E-state index is 0.0188. The number of benzene rings is 1. The van der Waals surface area contributed by atoms with Crippen LogP contribution in [0.1, 0.15) is 83.6 Å². The molecule has 4 heterocycles. The molecule has 0 unspecified atom stereocenters. The second-order valence-electron chi connectivity index (χ2n) is 15.8. The Bertz CT molecular complexity index is 1980. The standard InChI is InChI=1S/C39H52N6O9S/c1-23(2)53-33-20-32(28-15-16-31(52-4)24(3)34(28)41-33)54-26-19-30-35(46)42-39(37(48)43-55(50,51)27-13-14-27)21-25(39)11-8-6-5-7-9-12-29(36(47)45(30)22-26)40-38(49)44-17-10-18-44/h8,11,15-16,20,23,25-27,29-30H,5-7,9-10,12-14,17-19,21-22H2,1-4H3,(H,40,49)(H,42,46)(H,43,48)/b11-8-/t25-,26-,29+,30+,39-/m1/s1. The van der Waals surface area contributed by atoms with Crippen molar-refractivity contribution in [3.63, 3.8) is 0 Å². The molecule has 0 bridgehead atoms. The first-order valence-electron chi connectivity index (χ1n) is 19.5. The molecule has 0 radical (unpaired) electrons. The van der Waals surface area contributed by atoms with E-state index in [0.29, 0.717) is 67.1 Å². The molecule has 5 amide bonds. The van der Waals surface area contributed by atoms with Crippen molar-refractivity contribution in [2.45, 2.75) is 120 Å². The summed E-state index contributed by atoms with van der Waals surface area (Å²) in [5, 5.41) is 5.93. The van der Waals surface area contributed by atoms with Crippen molar-refractivity contribution in [3.05, 3.63) is 35.9 Å². The summed E-state index contributed by atoms with van der Waals surface area (Å²) >= 11 is 0. The molecule has 5 aliphatic rings. The summed E-state index contributed by atoms with van der Waals surface area (Å²) < 4.78 is 46.2. The SMILES string of the molecule is COc1ccc2c(O[C@@H]3C[C@H]4C(=O)N[C@]5(C(=O)NS(=O)(=O)C6CC6)C[C@H]5/C=C\CCCCC[C@H](NC(=O)N5CCC5)C(=O)N4C3)cc(OC(C)C)nc2c1C. The highest BCUT2D eigenvalue weighted by Gasteiger charge is 2.62. The number of hydrogen-bond acceptors (Lipinski definition) is 10. The summed E-state index contributed by atoms with van der Waals surface area (Å²) in [6, 6.07) is 3.07. The van der Waals surface area contributed by atoms with Gasteiger partial charge in [0.1, 0.15) is 35.2 Å². The van der Waals surface area contributed by atoms with Crippen LogP contribution < -0.4 is 29.6 Å². The Labute approximate surface area is 321 Å². The molecule has 2 aromatic rings. The minimum Gasteiger partial charge on any atom is -0.496 e. The molecule has 16 heteroatoms. The predicted molar refractivity (Wildman–Crippen MR) is 203 cm³/mol. The number of methoxy groups -OCH3 is 1. The van der Waals surface area contributed by atoms with Crippen molar-refractivity contribution < 1.29 is 41.8 Å². The van der Waals surface area contributed by atoms with E-state index in [0.717, 1.165) is 31.2 Å². The Morgan fingerprint density at radius 3 is 2.53 bits per heavy atom. The summed E-state index contributed by atoms with van der Waals surface area (Å²) in [4.78, 5) is 63.8. The van der Waals surface area contributed by atoms with E-state index in [1.54, 1.807) is 18.1 Å². The maximum absolute atomic E-state index is 14.6. The number of amides is 5. The molecule has 7 rings (SSSR count). The van der Waals surface area contributed by atoms with Gasteiger partial charge in [-0.05, 0) is 77.8 Å². The lowest BCUT2D eigenvalue weighted by atomic mass is 10.0. The topological polar surface area (TPSA) is 186 Å². The van der Waals surface area contributed by atoms with Crippen molar-refractivity contribution in [2.75, 3.05) is 26.7 Å². The van der Waals surface area contributed by atoms with Gasteiger partial charge >= 0.3 is 6.03 Å². The van der Waals surface area contributed by atoms with Gasteiger partial charge in [-0.1, -0.05) is 25.0 Å². The average Bonchev–Trinajstić information content (AvgIpc) is 4.03. The number of aromatic nitrogens is 1. The van der Waals surface area contributed by atoms with Gasteiger partial charge in [0.2, 0.25) is 27.7 Å². The highest BCUT2D eigenvalue weighted by Crippen LogP contribution is 2.46. The first-order valence-corrected chi connectivity index (χ1v) is 21.1. The number of rotatable bonds is 9. The molecular weight excluding hydrogens is 729 g/mol. The number of carbonyl (C=O) groups is 4. The van der Waals surface area contributed by atoms with Gasteiger partial charge in [0.15, 0.2) is 0 Å². The number of nitrogens with one attached hydrogen (secondary N) is 3. The lowest BCUT2D eigenvalue weighted by molar-refractivity contribution is -0.141. The van der Waals surface area contributed by atoms with Crippen LogP contribution in [0.2, 0.25) is 0 Å². The van der Waals surface area contributed by atoms with E-state index in [2.05, 4.69) is 15.4 Å². The molecule has 1 aromatic heterocycles. The average molecular weight is 781 g/mol. The molecule has 5 atom stereocenters. The van der Waals surface area contributed by atoms with Gasteiger partial charge in [0, 0.05) is 42.4 Å². The van der Waals surface area contributed by atoms with E-state index < -0.39 is 62.6 Å². The second kappa shape index (κ2) is 15.5. The van der Waals surface area contributed by atoms with Gasteiger partial charge in [0.05, 0.1) is 30.5 Å². The quantitative estimate of drug-likeness (QED) is 0.319. The first-order chi connectivity index (χ1) is 26.3. The van der Waals surface area contributed by atoms with Crippen LogP contribution in [-0.2, 0) is 24.4 Å². The Morgan fingerprint density at radius 2 is 1.84 bits per heavy atom. The maximum Gasteiger partial charge on any atom is 0.318 e. The second-order valence-corrected chi connectivity index (χ2v) is 17.7. The van der Waals surface area contributed by atoms with Gasteiger partial charge in [0.25, 0.3) is 5.91 Å². The fourth-order valence-electron chi connectivity index (χ4n) is 7.76. The molecule has 3 aliphatic heterocycles. The van der Waals surface area contributed by atoms with Crippen LogP contribution >= 0.6 is 0 Å². The van der Waals surface area contributed by atoms with Crippen LogP contribution in [0.25, 0.3) is 10.9 Å². The van der Waals surface area contributed by atoms with Crippen LogP contribution in [0, 0.1) is 12.8 Å². The zero-order valence-electron chi connectivity index (χ0n) is 32.0. The van der Waals surface area contributed by atoms with E-state index in [4.69, 9.17) is 19.2 Å². The first kappa shape index (κ1) is 38.7. The van der Waals surface area contributed by atoms with Crippen molar-refractivity contribution >= 4 is 44.7 Å². The number of hydrogen-bond donors (Lipinski definition) is 3. The third-order valence-corrected chi connectivity index (χ3v) is 13.1. The van der Waals surface area contributed by atoms with Crippen LogP contribution in [-0.4, -0.2) is 109 Å². The Balaban J connectivity index is 1.22. The normalized spacial score (nSPS) is 27.8. The van der Waals surface area contributed by atoms with Gasteiger partial charge in [-0.3, -0.25) is 19.1 Å². The maximum atomic E-state index is 14.6. The van der Waals surface area contributed by atoms with Crippen LogP contribution in [0.15, 0.2) is 30.4 Å². The van der Waals surface area contributed by atoms with Crippen LogP contribution in [0.4, 0.5) is 4.79 Å². The molecule has 2 saturated heterocycles. The Hall–Kier alpha value is -4.60. The molecule has 1 aromatic carbocycles. The zero-order valence-corrected chi connectivity index (χ0v) is 32.8. The molecule has 4 fully saturated rings. The summed E-state index contributed by atoms with van der Waals surface area (Å²) in [6.07, 6.45) is 8.54. The highest BCUT2D eigenvalue weighted by atomic mass is 32.2. The third-order valence-electron chi connectivity index (χ3n) is 11.3. The number of pyridine rings is 1. The summed E-state index contributed by atoms with van der Waals surface area (Å²) in [5.74, 6) is -0.777. The molecule has 0 spiro atoms. The number of likely N-dealkylation sites (tertiary alicyclic amines) is 1. The minimum atomic E-state index is -3.89. The third kappa shape index (κ3) is 8.19. The number of aryl methyl sites for hydroxylation is 1.